The Bertz CT molecular complexity index is 949. The second-order valence-electron chi connectivity index (χ2n) is 5.97. The zero-order valence-corrected chi connectivity index (χ0v) is 14.0. The number of anilines is 2. The molecule has 9 heteroatoms. The highest BCUT2D eigenvalue weighted by atomic mass is 19.4. The van der Waals surface area contributed by atoms with Crippen molar-refractivity contribution in [3.8, 4) is 0 Å². The van der Waals surface area contributed by atoms with Crippen molar-refractivity contribution in [1.82, 2.24) is 19.9 Å². The minimum absolute atomic E-state index is 0.0520. The average Bonchev–Trinajstić information content (AvgIpc) is 2.97. The Morgan fingerprint density at radius 3 is 2.69 bits per heavy atom. The van der Waals surface area contributed by atoms with Gasteiger partial charge in [0.05, 0.1) is 11.8 Å². The number of hydrogen-bond donors (Lipinski definition) is 2. The van der Waals surface area contributed by atoms with Gasteiger partial charge in [-0.2, -0.15) is 18.3 Å². The zero-order valence-electron chi connectivity index (χ0n) is 14.0. The van der Waals surface area contributed by atoms with Gasteiger partial charge in [0.15, 0.2) is 5.65 Å². The van der Waals surface area contributed by atoms with E-state index in [1.54, 1.807) is 12.3 Å². The topological polar surface area (TPSA) is 71.3 Å². The molecule has 0 spiro atoms. The van der Waals surface area contributed by atoms with Gasteiger partial charge in [-0.3, -0.25) is 4.79 Å². The summed E-state index contributed by atoms with van der Waals surface area (Å²) in [7, 11) is 0. The maximum absolute atomic E-state index is 12.8. The molecule has 3 aromatic rings. The largest absolute Gasteiger partial charge is 0.416 e. The lowest BCUT2D eigenvalue weighted by Gasteiger charge is -2.10. The minimum atomic E-state index is -4.43. The van der Waals surface area contributed by atoms with E-state index in [0.717, 1.165) is 12.1 Å². The first-order valence-electron chi connectivity index (χ1n) is 7.83. The average molecular weight is 363 g/mol. The summed E-state index contributed by atoms with van der Waals surface area (Å²) < 4.78 is 39.9. The highest BCUT2D eigenvalue weighted by Gasteiger charge is 2.30. The van der Waals surface area contributed by atoms with Crippen molar-refractivity contribution in [2.45, 2.75) is 26.1 Å². The predicted octanol–water partition coefficient (Wildman–Crippen LogP) is 3.63. The number of aromatic nitrogens is 3. The molecule has 1 amide bonds. The summed E-state index contributed by atoms with van der Waals surface area (Å²) in [5, 5.41) is 9.63. The molecule has 0 saturated heterocycles. The van der Waals surface area contributed by atoms with Gasteiger partial charge in [-0.05, 0) is 38.1 Å². The van der Waals surface area contributed by atoms with E-state index in [0.29, 0.717) is 11.5 Å². The fourth-order valence-electron chi connectivity index (χ4n) is 2.36. The van der Waals surface area contributed by atoms with Crippen molar-refractivity contribution in [2.24, 2.45) is 0 Å². The molecule has 26 heavy (non-hydrogen) atoms. The number of fused-ring (bicyclic) bond motifs is 1. The van der Waals surface area contributed by atoms with E-state index in [-0.39, 0.29) is 23.2 Å². The fraction of sp³-hybridized carbons (Fsp3) is 0.235. The summed E-state index contributed by atoms with van der Waals surface area (Å²) in [6.07, 6.45) is -1.46. The van der Waals surface area contributed by atoms with Crippen LogP contribution in [0.25, 0.3) is 5.65 Å². The molecule has 1 aromatic carbocycles. The van der Waals surface area contributed by atoms with E-state index < -0.39 is 11.7 Å². The lowest BCUT2D eigenvalue weighted by Crippen LogP contribution is -2.30. The van der Waals surface area contributed by atoms with Gasteiger partial charge in [-0.1, -0.05) is 6.07 Å². The normalized spacial score (nSPS) is 11.8. The SMILES string of the molecule is CC(C)NC(=O)c1cnn2ccc(Nc3cccc(C(F)(F)F)c3)nc12. The Balaban J connectivity index is 1.91. The Kier molecular flexibility index (Phi) is 4.54. The third kappa shape index (κ3) is 3.76. The molecule has 6 nitrogen and oxygen atoms in total. The van der Waals surface area contributed by atoms with Gasteiger partial charge in [-0.15, -0.1) is 0 Å². The molecule has 0 saturated carbocycles. The lowest BCUT2D eigenvalue weighted by atomic mass is 10.2. The molecule has 2 heterocycles. The molecule has 136 valence electrons. The van der Waals surface area contributed by atoms with Gasteiger partial charge in [0.2, 0.25) is 0 Å². The standard InChI is InChI=1S/C17H16F3N5O/c1-10(2)22-16(26)13-9-21-25-7-6-14(24-15(13)25)23-12-5-3-4-11(8-12)17(18,19)20/h3-10H,1-2H3,(H,22,26)(H,23,24). The van der Waals surface area contributed by atoms with E-state index in [4.69, 9.17) is 0 Å². The molecule has 0 atom stereocenters. The third-order valence-electron chi connectivity index (χ3n) is 3.50. The molecule has 0 radical (unpaired) electrons. The quantitative estimate of drug-likeness (QED) is 0.743. The smallest absolute Gasteiger partial charge is 0.350 e. The number of hydrogen-bond acceptors (Lipinski definition) is 4. The van der Waals surface area contributed by atoms with Crippen molar-refractivity contribution in [3.63, 3.8) is 0 Å². The minimum Gasteiger partial charge on any atom is -0.350 e. The van der Waals surface area contributed by atoms with E-state index in [1.807, 2.05) is 13.8 Å². The van der Waals surface area contributed by atoms with Crippen molar-refractivity contribution in [3.05, 3.63) is 53.9 Å². The monoisotopic (exact) mass is 363 g/mol. The first kappa shape index (κ1) is 17.7. The molecule has 2 aromatic heterocycles. The zero-order chi connectivity index (χ0) is 18.9. The van der Waals surface area contributed by atoms with Crippen LogP contribution in [0.3, 0.4) is 0 Å². The summed E-state index contributed by atoms with van der Waals surface area (Å²) in [6.45, 7) is 3.66. The molecule has 0 fully saturated rings. The van der Waals surface area contributed by atoms with Crippen LogP contribution in [0.2, 0.25) is 0 Å². The Hall–Kier alpha value is -3.10. The molecular formula is C17H16F3N5O. The fourth-order valence-corrected chi connectivity index (χ4v) is 2.36. The second kappa shape index (κ2) is 6.66. The van der Waals surface area contributed by atoms with Crippen molar-refractivity contribution in [1.29, 1.82) is 0 Å². The van der Waals surface area contributed by atoms with Gasteiger partial charge in [0.25, 0.3) is 5.91 Å². The molecule has 3 rings (SSSR count). The van der Waals surface area contributed by atoms with Crippen molar-refractivity contribution in [2.75, 3.05) is 5.32 Å². The van der Waals surface area contributed by atoms with Crippen LogP contribution in [-0.4, -0.2) is 26.5 Å². The van der Waals surface area contributed by atoms with Crippen LogP contribution >= 0.6 is 0 Å². The molecular weight excluding hydrogens is 347 g/mol. The number of halogens is 3. The highest BCUT2D eigenvalue weighted by Crippen LogP contribution is 2.31. The van der Waals surface area contributed by atoms with Crippen LogP contribution in [0.4, 0.5) is 24.7 Å². The van der Waals surface area contributed by atoms with Crippen LogP contribution in [-0.2, 0) is 6.18 Å². The van der Waals surface area contributed by atoms with Crippen LogP contribution < -0.4 is 10.6 Å². The van der Waals surface area contributed by atoms with Crippen molar-refractivity contribution < 1.29 is 18.0 Å². The Morgan fingerprint density at radius 1 is 1.23 bits per heavy atom. The molecule has 0 unspecified atom stereocenters. The first-order valence-corrected chi connectivity index (χ1v) is 7.83. The van der Waals surface area contributed by atoms with E-state index >= 15 is 0 Å². The van der Waals surface area contributed by atoms with Gasteiger partial charge < -0.3 is 10.6 Å². The first-order chi connectivity index (χ1) is 12.2. The summed E-state index contributed by atoms with van der Waals surface area (Å²) in [5.41, 5.74) is 0.0702. The summed E-state index contributed by atoms with van der Waals surface area (Å²) in [5.74, 6) is -0.0189. The molecule has 0 aliphatic rings. The van der Waals surface area contributed by atoms with Crippen LogP contribution in [0.1, 0.15) is 29.8 Å². The van der Waals surface area contributed by atoms with Gasteiger partial charge in [-0.25, -0.2) is 9.50 Å². The van der Waals surface area contributed by atoms with E-state index in [9.17, 15) is 18.0 Å². The maximum Gasteiger partial charge on any atom is 0.416 e. The lowest BCUT2D eigenvalue weighted by molar-refractivity contribution is -0.137. The van der Waals surface area contributed by atoms with Gasteiger partial charge in [0, 0.05) is 17.9 Å². The van der Waals surface area contributed by atoms with E-state index in [1.165, 1.54) is 22.8 Å². The predicted molar refractivity (Wildman–Crippen MR) is 90.3 cm³/mol. The number of benzene rings is 1. The molecule has 0 aliphatic heterocycles. The van der Waals surface area contributed by atoms with Gasteiger partial charge in [0.1, 0.15) is 11.4 Å². The number of carbonyl (C=O) groups is 1. The van der Waals surface area contributed by atoms with Crippen LogP contribution in [0.15, 0.2) is 42.7 Å². The summed E-state index contributed by atoms with van der Waals surface area (Å²) in [4.78, 5) is 16.5. The Morgan fingerprint density at radius 2 is 2.00 bits per heavy atom. The van der Waals surface area contributed by atoms with Crippen LogP contribution in [0, 0.1) is 0 Å². The number of nitrogens with one attached hydrogen (secondary N) is 2. The maximum atomic E-state index is 12.8. The summed E-state index contributed by atoms with van der Waals surface area (Å²) >= 11 is 0. The number of alkyl halides is 3. The van der Waals surface area contributed by atoms with Crippen LogP contribution in [0.5, 0.6) is 0 Å². The second-order valence-corrected chi connectivity index (χ2v) is 5.97. The van der Waals surface area contributed by atoms with Crippen molar-refractivity contribution >= 4 is 23.1 Å². The number of nitrogens with zero attached hydrogens (tertiary/aromatic N) is 3. The molecule has 0 aliphatic carbocycles. The molecule has 2 N–H and O–H groups in total. The number of rotatable bonds is 4. The highest BCUT2D eigenvalue weighted by molar-refractivity contribution is 5.99. The summed E-state index contributed by atoms with van der Waals surface area (Å²) in [6, 6.07) is 6.31. The number of carbonyl (C=O) groups excluding carboxylic acids is 1. The third-order valence-corrected chi connectivity index (χ3v) is 3.50. The Labute approximate surface area is 147 Å². The molecule has 0 bridgehead atoms. The van der Waals surface area contributed by atoms with E-state index in [2.05, 4.69) is 20.7 Å². The number of amides is 1. The van der Waals surface area contributed by atoms with Gasteiger partial charge >= 0.3 is 6.18 Å².